The molecular weight excluding hydrogens is 240 g/mol. The Bertz CT molecular complexity index is 350. The molecule has 0 aromatic heterocycles. The second-order valence-electron chi connectivity index (χ2n) is 2.48. The van der Waals surface area contributed by atoms with Crippen molar-refractivity contribution < 1.29 is 18.0 Å². The first-order valence-electron chi connectivity index (χ1n) is 3.37. The van der Waals surface area contributed by atoms with Crippen LogP contribution in [0.1, 0.15) is 15.9 Å². The highest BCUT2D eigenvalue weighted by molar-refractivity contribution is 6.36. The third-order valence-electron chi connectivity index (χ3n) is 1.48. The Kier molecular flexibility index (Phi) is 3.07. The molecule has 1 rings (SSSR count). The number of hydrogen-bond donors (Lipinski definition) is 0. The third-order valence-corrected chi connectivity index (χ3v) is 2.08. The van der Waals surface area contributed by atoms with E-state index in [1.54, 1.807) is 0 Å². The predicted octanol–water partition coefficient (Wildman–Crippen LogP) is 3.82. The molecule has 0 unspecified atom stereocenters. The highest BCUT2D eigenvalue weighted by atomic mass is 35.5. The molecule has 76 valence electrons. The van der Waals surface area contributed by atoms with E-state index in [1.165, 1.54) is 0 Å². The van der Waals surface area contributed by atoms with Crippen LogP contribution in [0.15, 0.2) is 12.1 Å². The van der Waals surface area contributed by atoms with Crippen molar-refractivity contribution in [2.24, 2.45) is 0 Å². The lowest BCUT2D eigenvalue weighted by Gasteiger charge is -2.10. The lowest BCUT2D eigenvalue weighted by molar-refractivity contribution is -0.137. The summed E-state index contributed by atoms with van der Waals surface area (Å²) in [5.74, 6) is 0. The fraction of sp³-hybridized carbons (Fsp3) is 0.125. The average Bonchev–Trinajstić information content (AvgIpc) is 1.99. The largest absolute Gasteiger partial charge is 0.419 e. The summed E-state index contributed by atoms with van der Waals surface area (Å²) >= 11 is 10.7. The molecule has 6 heteroatoms. The minimum absolute atomic E-state index is 0.00741. The number of benzene rings is 1. The lowest BCUT2D eigenvalue weighted by atomic mass is 10.1. The fourth-order valence-corrected chi connectivity index (χ4v) is 1.65. The van der Waals surface area contributed by atoms with Gasteiger partial charge in [0.25, 0.3) is 0 Å². The van der Waals surface area contributed by atoms with Crippen molar-refractivity contribution in [3.05, 3.63) is 33.3 Å². The molecule has 0 heterocycles. The van der Waals surface area contributed by atoms with Crippen LogP contribution in [-0.2, 0) is 6.18 Å². The molecule has 0 amide bonds. The van der Waals surface area contributed by atoms with Gasteiger partial charge in [-0.25, -0.2) is 0 Å². The molecule has 0 spiro atoms. The topological polar surface area (TPSA) is 17.1 Å². The van der Waals surface area contributed by atoms with Crippen LogP contribution >= 0.6 is 23.2 Å². The number of rotatable bonds is 1. The van der Waals surface area contributed by atoms with E-state index in [-0.39, 0.29) is 5.56 Å². The molecule has 0 saturated carbocycles. The Morgan fingerprint density at radius 2 is 1.57 bits per heavy atom. The van der Waals surface area contributed by atoms with Gasteiger partial charge in [-0.05, 0) is 12.1 Å². The highest BCUT2D eigenvalue weighted by Crippen LogP contribution is 2.39. The van der Waals surface area contributed by atoms with E-state index in [0.29, 0.717) is 6.29 Å². The van der Waals surface area contributed by atoms with Gasteiger partial charge in [-0.3, -0.25) is 4.79 Å². The van der Waals surface area contributed by atoms with Crippen LogP contribution in [0.5, 0.6) is 0 Å². The van der Waals surface area contributed by atoms with Crippen LogP contribution in [0.4, 0.5) is 13.2 Å². The SMILES string of the molecule is O=Cc1cc(Cl)c(C(F)(F)F)c(Cl)c1. The smallest absolute Gasteiger partial charge is 0.298 e. The summed E-state index contributed by atoms with van der Waals surface area (Å²) in [5.41, 5.74) is -1.11. The Labute approximate surface area is 87.4 Å². The first-order valence-corrected chi connectivity index (χ1v) is 4.13. The Hall–Kier alpha value is -0.740. The summed E-state index contributed by atoms with van der Waals surface area (Å²) in [7, 11) is 0. The third kappa shape index (κ3) is 2.19. The molecule has 0 radical (unpaired) electrons. The van der Waals surface area contributed by atoms with Gasteiger partial charge in [-0.15, -0.1) is 0 Å². The highest BCUT2D eigenvalue weighted by Gasteiger charge is 2.35. The minimum atomic E-state index is -4.62. The van der Waals surface area contributed by atoms with Gasteiger partial charge >= 0.3 is 6.18 Å². The van der Waals surface area contributed by atoms with E-state index < -0.39 is 21.8 Å². The van der Waals surface area contributed by atoms with Gasteiger partial charge in [-0.2, -0.15) is 13.2 Å². The van der Waals surface area contributed by atoms with Gasteiger partial charge in [0.1, 0.15) is 6.29 Å². The molecule has 0 aliphatic rings. The summed E-state index contributed by atoms with van der Waals surface area (Å²) in [6, 6.07) is 1.84. The molecule has 0 atom stereocenters. The maximum absolute atomic E-state index is 12.3. The molecule has 14 heavy (non-hydrogen) atoms. The normalized spacial score (nSPS) is 11.5. The summed E-state index contributed by atoms with van der Waals surface area (Å²) in [6.45, 7) is 0. The second kappa shape index (κ2) is 3.79. The second-order valence-corrected chi connectivity index (χ2v) is 3.29. The van der Waals surface area contributed by atoms with Crippen LogP contribution in [0.25, 0.3) is 0 Å². The molecule has 0 aliphatic carbocycles. The first kappa shape index (κ1) is 11.3. The van der Waals surface area contributed by atoms with E-state index in [1.807, 2.05) is 0 Å². The quantitative estimate of drug-likeness (QED) is 0.685. The van der Waals surface area contributed by atoms with Gasteiger partial charge in [0, 0.05) is 5.56 Å². The summed E-state index contributed by atoms with van der Waals surface area (Å²) in [4.78, 5) is 10.3. The van der Waals surface area contributed by atoms with Crippen LogP contribution < -0.4 is 0 Å². The maximum Gasteiger partial charge on any atom is 0.419 e. The fourth-order valence-electron chi connectivity index (χ4n) is 0.932. The van der Waals surface area contributed by atoms with Crippen molar-refractivity contribution in [3.8, 4) is 0 Å². The summed E-state index contributed by atoms with van der Waals surface area (Å²) < 4.78 is 36.9. The van der Waals surface area contributed by atoms with Gasteiger partial charge in [-0.1, -0.05) is 23.2 Å². The van der Waals surface area contributed by atoms with E-state index in [9.17, 15) is 18.0 Å². The molecule has 1 nitrogen and oxygen atoms in total. The van der Waals surface area contributed by atoms with Crippen molar-refractivity contribution in [1.82, 2.24) is 0 Å². The zero-order valence-corrected chi connectivity index (χ0v) is 8.04. The van der Waals surface area contributed by atoms with Crippen molar-refractivity contribution in [3.63, 3.8) is 0 Å². The molecule has 1 aromatic rings. The van der Waals surface area contributed by atoms with Gasteiger partial charge < -0.3 is 0 Å². The standard InChI is InChI=1S/C8H3Cl2F3O/c9-5-1-4(3-14)2-6(10)7(5)8(11,12)13/h1-3H. The van der Waals surface area contributed by atoms with Crippen molar-refractivity contribution in [2.45, 2.75) is 6.18 Å². The number of alkyl halides is 3. The van der Waals surface area contributed by atoms with Gasteiger partial charge in [0.15, 0.2) is 0 Å². The van der Waals surface area contributed by atoms with Crippen LogP contribution in [0.3, 0.4) is 0 Å². The summed E-state index contributed by atoms with van der Waals surface area (Å²) in [6.07, 6.45) is -4.24. The Balaban J connectivity index is 3.40. The van der Waals surface area contributed by atoms with Crippen molar-refractivity contribution in [2.75, 3.05) is 0 Å². The molecule has 0 aliphatic heterocycles. The number of aldehydes is 1. The van der Waals surface area contributed by atoms with Crippen LogP contribution in [-0.4, -0.2) is 6.29 Å². The molecule has 0 saturated heterocycles. The molecular formula is C8H3Cl2F3O. The van der Waals surface area contributed by atoms with Crippen molar-refractivity contribution >= 4 is 29.5 Å². The first-order chi connectivity index (χ1) is 6.36. The lowest BCUT2D eigenvalue weighted by Crippen LogP contribution is -2.07. The minimum Gasteiger partial charge on any atom is -0.298 e. The molecule has 1 aromatic carbocycles. The van der Waals surface area contributed by atoms with Crippen LogP contribution in [0, 0.1) is 0 Å². The average molecular weight is 243 g/mol. The number of hydrogen-bond acceptors (Lipinski definition) is 1. The van der Waals surface area contributed by atoms with E-state index >= 15 is 0 Å². The van der Waals surface area contributed by atoms with Gasteiger partial charge in [0.2, 0.25) is 0 Å². The van der Waals surface area contributed by atoms with Crippen LogP contribution in [0.2, 0.25) is 10.0 Å². The zero-order valence-electron chi connectivity index (χ0n) is 6.53. The van der Waals surface area contributed by atoms with Crippen molar-refractivity contribution in [1.29, 1.82) is 0 Å². The Morgan fingerprint density at radius 3 is 1.86 bits per heavy atom. The number of carbonyl (C=O) groups is 1. The zero-order chi connectivity index (χ0) is 10.9. The molecule has 0 fully saturated rings. The Morgan fingerprint density at radius 1 is 1.14 bits per heavy atom. The summed E-state index contributed by atoms with van der Waals surface area (Å²) in [5, 5.41) is -1.15. The predicted molar refractivity (Wildman–Crippen MR) is 46.9 cm³/mol. The monoisotopic (exact) mass is 242 g/mol. The maximum atomic E-state index is 12.3. The molecule has 0 bridgehead atoms. The van der Waals surface area contributed by atoms with E-state index in [4.69, 9.17) is 23.2 Å². The van der Waals surface area contributed by atoms with Gasteiger partial charge in [0.05, 0.1) is 15.6 Å². The number of halogens is 5. The molecule has 0 N–H and O–H groups in total. The number of carbonyl (C=O) groups excluding carboxylic acids is 1. The van der Waals surface area contributed by atoms with E-state index in [2.05, 4.69) is 0 Å². The van der Waals surface area contributed by atoms with E-state index in [0.717, 1.165) is 12.1 Å².